The quantitative estimate of drug-likeness (QED) is 0.0261. The largest absolute Gasteiger partial charge is 0.462 e. The summed E-state index contributed by atoms with van der Waals surface area (Å²) in [7, 11) is 0. The van der Waals surface area contributed by atoms with E-state index >= 15 is 0 Å². The molecular formula is C73H126O6. The summed E-state index contributed by atoms with van der Waals surface area (Å²) < 4.78 is 17.0. The zero-order valence-electron chi connectivity index (χ0n) is 52.1. The maximum atomic E-state index is 12.9. The molecule has 0 aliphatic heterocycles. The molecule has 1 atom stereocenters. The van der Waals surface area contributed by atoms with Crippen LogP contribution in [-0.2, 0) is 28.6 Å². The van der Waals surface area contributed by atoms with E-state index in [0.29, 0.717) is 19.3 Å². The molecule has 0 amide bonds. The van der Waals surface area contributed by atoms with Crippen LogP contribution in [0.1, 0.15) is 329 Å². The maximum Gasteiger partial charge on any atom is 0.306 e. The Morgan fingerprint density at radius 3 is 0.797 bits per heavy atom. The number of hydrogen-bond acceptors (Lipinski definition) is 6. The summed E-state index contributed by atoms with van der Waals surface area (Å²) >= 11 is 0. The number of unbranched alkanes of at least 4 members (excludes halogenated alkanes) is 34. The third-order valence-electron chi connectivity index (χ3n) is 14.6. The minimum Gasteiger partial charge on any atom is -0.462 e. The summed E-state index contributed by atoms with van der Waals surface area (Å²) in [5, 5.41) is 0. The minimum atomic E-state index is -0.787. The van der Waals surface area contributed by atoms with Gasteiger partial charge in [0.25, 0.3) is 0 Å². The van der Waals surface area contributed by atoms with E-state index in [0.717, 1.165) is 116 Å². The standard InChI is InChI=1S/C73H126O6/c1-4-7-10-13-16-19-22-25-28-31-33-34-35-36-37-38-40-42-45-48-51-54-57-60-63-66-72(75)78-69-70(68-77-71(74)65-62-59-56-53-50-47-44-41-30-27-24-21-18-15-12-9-6-3)79-73(76)67-64-61-58-55-52-49-46-43-39-32-29-26-23-20-17-14-11-8-5-2/h7,10,16-17,19-20,25-26,28-29,33-34,36-37,40,42,70H,4-6,8-9,11-15,18,21-24,27,30-32,35,38-39,41,43-69H2,1-3H3/b10-7-,19-16-,20-17-,28-25-,29-26-,34-33-,37-36-,42-40-. The summed E-state index contributed by atoms with van der Waals surface area (Å²) in [6, 6.07) is 0. The van der Waals surface area contributed by atoms with Crippen LogP contribution in [0.2, 0.25) is 0 Å². The van der Waals surface area contributed by atoms with Crippen molar-refractivity contribution in [1.82, 2.24) is 0 Å². The van der Waals surface area contributed by atoms with E-state index in [1.54, 1.807) is 0 Å². The van der Waals surface area contributed by atoms with Crippen LogP contribution in [0.15, 0.2) is 97.2 Å². The monoisotopic (exact) mass is 1100 g/mol. The molecule has 0 fully saturated rings. The lowest BCUT2D eigenvalue weighted by Gasteiger charge is -2.18. The van der Waals surface area contributed by atoms with Crippen molar-refractivity contribution in [3.8, 4) is 0 Å². The number of carbonyl (C=O) groups excluding carboxylic acids is 3. The molecule has 0 saturated carbocycles. The Bertz CT molecular complexity index is 1540. The van der Waals surface area contributed by atoms with Crippen molar-refractivity contribution in [2.75, 3.05) is 13.2 Å². The first-order valence-electron chi connectivity index (χ1n) is 33.7. The molecule has 1 unspecified atom stereocenters. The molecule has 0 aliphatic carbocycles. The highest BCUT2D eigenvalue weighted by Crippen LogP contribution is 2.17. The van der Waals surface area contributed by atoms with Crippen molar-refractivity contribution < 1.29 is 28.6 Å². The molecule has 0 aromatic carbocycles. The number of ether oxygens (including phenoxy) is 3. The number of esters is 3. The van der Waals surface area contributed by atoms with Crippen LogP contribution < -0.4 is 0 Å². The van der Waals surface area contributed by atoms with Gasteiger partial charge in [-0.15, -0.1) is 0 Å². The summed E-state index contributed by atoms with van der Waals surface area (Å²) in [6.45, 7) is 6.53. The van der Waals surface area contributed by atoms with Gasteiger partial charge in [-0.1, -0.05) is 304 Å². The van der Waals surface area contributed by atoms with Gasteiger partial charge in [0, 0.05) is 19.3 Å². The highest BCUT2D eigenvalue weighted by molar-refractivity contribution is 5.71. The first-order valence-corrected chi connectivity index (χ1v) is 33.7. The van der Waals surface area contributed by atoms with Gasteiger partial charge in [-0.2, -0.15) is 0 Å². The molecule has 0 aromatic heterocycles. The lowest BCUT2D eigenvalue weighted by molar-refractivity contribution is -0.167. The summed E-state index contributed by atoms with van der Waals surface area (Å²) in [4.78, 5) is 38.4. The van der Waals surface area contributed by atoms with Gasteiger partial charge in [0.15, 0.2) is 6.10 Å². The normalized spacial score (nSPS) is 12.7. The molecular weight excluding hydrogens is 973 g/mol. The molecule has 0 rings (SSSR count). The van der Waals surface area contributed by atoms with Gasteiger partial charge in [0.1, 0.15) is 13.2 Å². The number of hydrogen-bond donors (Lipinski definition) is 0. The van der Waals surface area contributed by atoms with Gasteiger partial charge >= 0.3 is 17.9 Å². The van der Waals surface area contributed by atoms with Crippen molar-refractivity contribution in [1.29, 1.82) is 0 Å². The van der Waals surface area contributed by atoms with Gasteiger partial charge in [0.05, 0.1) is 0 Å². The Morgan fingerprint density at radius 2 is 0.494 bits per heavy atom. The van der Waals surface area contributed by atoms with E-state index in [1.807, 2.05) is 0 Å². The molecule has 79 heavy (non-hydrogen) atoms. The van der Waals surface area contributed by atoms with Gasteiger partial charge in [-0.3, -0.25) is 14.4 Å². The van der Waals surface area contributed by atoms with E-state index in [1.165, 1.54) is 173 Å². The smallest absolute Gasteiger partial charge is 0.306 e. The number of carbonyl (C=O) groups is 3. The maximum absolute atomic E-state index is 12.9. The summed E-state index contributed by atoms with van der Waals surface area (Å²) in [5.41, 5.74) is 0. The average Bonchev–Trinajstić information content (AvgIpc) is 3.45. The van der Waals surface area contributed by atoms with Crippen molar-refractivity contribution in [2.24, 2.45) is 0 Å². The predicted octanol–water partition coefficient (Wildman–Crippen LogP) is 23.2. The lowest BCUT2D eigenvalue weighted by atomic mass is 10.0. The molecule has 0 aliphatic rings. The molecule has 0 N–H and O–H groups in total. The highest BCUT2D eigenvalue weighted by atomic mass is 16.6. The van der Waals surface area contributed by atoms with Crippen LogP contribution in [0.5, 0.6) is 0 Å². The fraction of sp³-hybridized carbons (Fsp3) is 0.740. The van der Waals surface area contributed by atoms with Gasteiger partial charge in [0.2, 0.25) is 0 Å². The van der Waals surface area contributed by atoms with Crippen LogP contribution >= 0.6 is 0 Å². The van der Waals surface area contributed by atoms with Gasteiger partial charge in [-0.25, -0.2) is 0 Å². The Morgan fingerprint density at radius 1 is 0.266 bits per heavy atom. The van der Waals surface area contributed by atoms with Crippen LogP contribution in [-0.4, -0.2) is 37.2 Å². The Hall–Kier alpha value is -3.67. The molecule has 6 nitrogen and oxygen atoms in total. The van der Waals surface area contributed by atoms with E-state index < -0.39 is 6.10 Å². The van der Waals surface area contributed by atoms with E-state index in [9.17, 15) is 14.4 Å². The van der Waals surface area contributed by atoms with Crippen LogP contribution in [0.25, 0.3) is 0 Å². The van der Waals surface area contributed by atoms with E-state index in [-0.39, 0.29) is 31.1 Å². The van der Waals surface area contributed by atoms with Crippen LogP contribution in [0.4, 0.5) is 0 Å². The molecule has 6 heteroatoms. The first kappa shape index (κ1) is 75.3. The van der Waals surface area contributed by atoms with Crippen molar-refractivity contribution in [2.45, 2.75) is 335 Å². The SMILES string of the molecule is CC/C=C\C/C=C\C/C=C\C/C=C\C/C=C\C/C=C\CCCCCCCCC(=O)OCC(COC(=O)CCCCCCCCCCCCCCCCCCC)OC(=O)CCCCCCCCCCC/C=C\C/C=C\CCCCC. The van der Waals surface area contributed by atoms with Crippen LogP contribution in [0, 0.1) is 0 Å². The molecule has 0 radical (unpaired) electrons. The van der Waals surface area contributed by atoms with Gasteiger partial charge in [-0.05, 0) is 103 Å². The summed E-state index contributed by atoms with van der Waals surface area (Å²) in [5.74, 6) is -0.885. The predicted molar refractivity (Wildman–Crippen MR) is 344 cm³/mol. The zero-order valence-corrected chi connectivity index (χ0v) is 52.1. The fourth-order valence-electron chi connectivity index (χ4n) is 9.54. The number of allylic oxidation sites excluding steroid dienone is 16. The highest BCUT2D eigenvalue weighted by Gasteiger charge is 2.19. The second-order valence-corrected chi connectivity index (χ2v) is 22.4. The minimum absolute atomic E-state index is 0.0811. The average molecular weight is 1100 g/mol. The molecule has 0 saturated heterocycles. The lowest BCUT2D eigenvalue weighted by Crippen LogP contribution is -2.30. The van der Waals surface area contributed by atoms with Crippen molar-refractivity contribution in [3.05, 3.63) is 97.2 Å². The molecule has 0 bridgehead atoms. The first-order chi connectivity index (χ1) is 39.0. The molecule has 0 spiro atoms. The van der Waals surface area contributed by atoms with E-state index in [4.69, 9.17) is 14.2 Å². The second kappa shape index (κ2) is 66.8. The van der Waals surface area contributed by atoms with Crippen molar-refractivity contribution >= 4 is 17.9 Å². The zero-order chi connectivity index (χ0) is 57.1. The third-order valence-corrected chi connectivity index (χ3v) is 14.6. The summed E-state index contributed by atoms with van der Waals surface area (Å²) in [6.07, 6.45) is 89.8. The van der Waals surface area contributed by atoms with E-state index in [2.05, 4.69) is 118 Å². The second-order valence-electron chi connectivity index (χ2n) is 22.4. The molecule has 454 valence electrons. The third kappa shape index (κ3) is 65.0. The Labute approximate surface area is 489 Å². The fourth-order valence-corrected chi connectivity index (χ4v) is 9.54. The van der Waals surface area contributed by atoms with Crippen LogP contribution in [0.3, 0.4) is 0 Å². The number of rotatable bonds is 61. The Kier molecular flexibility index (Phi) is 63.7. The molecule has 0 heterocycles. The topological polar surface area (TPSA) is 78.9 Å². The van der Waals surface area contributed by atoms with Gasteiger partial charge < -0.3 is 14.2 Å². The Balaban J connectivity index is 4.40. The van der Waals surface area contributed by atoms with Crippen molar-refractivity contribution in [3.63, 3.8) is 0 Å². The molecule has 0 aromatic rings.